The molecule has 0 aliphatic heterocycles. The highest BCUT2D eigenvalue weighted by Gasteiger charge is 2.15. The summed E-state index contributed by atoms with van der Waals surface area (Å²) in [5, 5.41) is 19.3. The number of rotatable bonds is 7. The van der Waals surface area contributed by atoms with Crippen molar-refractivity contribution in [1.82, 2.24) is 15.5 Å². The number of thiophene rings is 1. The molecule has 1 atom stereocenters. The number of hydrogen-bond acceptors (Lipinski definition) is 4. The van der Waals surface area contributed by atoms with Crippen molar-refractivity contribution < 1.29 is 9.90 Å². The Labute approximate surface area is 140 Å². The Bertz CT molecular complexity index is 614. The molecule has 0 spiro atoms. The van der Waals surface area contributed by atoms with Gasteiger partial charge in [0.25, 0.3) is 0 Å². The van der Waals surface area contributed by atoms with Crippen molar-refractivity contribution in [3.8, 4) is 5.75 Å². The Morgan fingerprint density at radius 2 is 2.13 bits per heavy atom. The summed E-state index contributed by atoms with van der Waals surface area (Å²) >= 11 is 1.66. The van der Waals surface area contributed by atoms with Crippen molar-refractivity contribution in [3.05, 3.63) is 52.2 Å². The Balaban J connectivity index is 1.74. The minimum absolute atomic E-state index is 0.165. The minimum Gasteiger partial charge on any atom is -0.508 e. The van der Waals surface area contributed by atoms with Crippen molar-refractivity contribution in [2.45, 2.75) is 12.5 Å². The van der Waals surface area contributed by atoms with Crippen LogP contribution in [-0.4, -0.2) is 43.2 Å². The Morgan fingerprint density at radius 3 is 2.78 bits per heavy atom. The molecule has 2 rings (SSSR count). The number of nitrogens with zero attached hydrogens (tertiary/aromatic N) is 1. The molecule has 0 aliphatic carbocycles. The molecule has 0 bridgehead atoms. The summed E-state index contributed by atoms with van der Waals surface area (Å²) in [5.74, 6) is 0.247. The maximum Gasteiger partial charge on any atom is 0.314 e. The van der Waals surface area contributed by atoms with E-state index in [1.54, 1.807) is 29.5 Å². The predicted octanol–water partition coefficient (Wildman–Crippen LogP) is 2.60. The number of nitrogens with one attached hydrogen (secondary N) is 2. The fraction of sp³-hybridized carbons (Fsp3) is 0.353. The van der Waals surface area contributed by atoms with Gasteiger partial charge in [-0.2, -0.15) is 11.3 Å². The summed E-state index contributed by atoms with van der Waals surface area (Å²) in [5.41, 5.74) is 2.20. The lowest BCUT2D eigenvalue weighted by Gasteiger charge is -2.24. The largest absolute Gasteiger partial charge is 0.508 e. The first kappa shape index (κ1) is 17.3. The molecule has 0 saturated carbocycles. The van der Waals surface area contributed by atoms with Crippen LogP contribution in [0.4, 0.5) is 4.79 Å². The van der Waals surface area contributed by atoms with Crippen molar-refractivity contribution in [2.75, 3.05) is 27.2 Å². The summed E-state index contributed by atoms with van der Waals surface area (Å²) < 4.78 is 0. The van der Waals surface area contributed by atoms with Gasteiger partial charge in [0, 0.05) is 13.1 Å². The molecule has 0 fully saturated rings. The van der Waals surface area contributed by atoms with Crippen molar-refractivity contribution in [2.24, 2.45) is 0 Å². The normalized spacial score (nSPS) is 12.1. The average Bonchev–Trinajstić information content (AvgIpc) is 3.01. The number of amides is 2. The summed E-state index contributed by atoms with van der Waals surface area (Å²) in [6.07, 6.45) is 0.684. The van der Waals surface area contributed by atoms with E-state index in [2.05, 4.69) is 27.0 Å². The van der Waals surface area contributed by atoms with Gasteiger partial charge in [-0.1, -0.05) is 12.1 Å². The molecule has 0 aliphatic rings. The van der Waals surface area contributed by atoms with Crippen LogP contribution in [0.2, 0.25) is 0 Å². The van der Waals surface area contributed by atoms with Crippen LogP contribution in [-0.2, 0) is 6.42 Å². The highest BCUT2D eigenvalue weighted by Crippen LogP contribution is 2.19. The molecule has 3 N–H and O–H groups in total. The molecule has 5 nitrogen and oxygen atoms in total. The van der Waals surface area contributed by atoms with Crippen molar-refractivity contribution >= 4 is 17.4 Å². The highest BCUT2D eigenvalue weighted by atomic mass is 32.1. The zero-order valence-electron chi connectivity index (χ0n) is 13.5. The number of phenols is 1. The number of carbonyl (C=O) groups excluding carboxylic acids is 1. The molecular weight excluding hydrogens is 310 g/mol. The van der Waals surface area contributed by atoms with Gasteiger partial charge in [-0.25, -0.2) is 4.79 Å². The predicted molar refractivity (Wildman–Crippen MR) is 94.0 cm³/mol. The van der Waals surface area contributed by atoms with E-state index >= 15 is 0 Å². The first-order valence-electron chi connectivity index (χ1n) is 7.54. The molecular formula is C17H23N3O2S. The lowest BCUT2D eigenvalue weighted by molar-refractivity contribution is 0.233. The number of phenolic OH excluding ortho intramolecular Hbond substituents is 1. The van der Waals surface area contributed by atoms with Gasteiger partial charge in [-0.15, -0.1) is 0 Å². The van der Waals surface area contributed by atoms with E-state index in [0.29, 0.717) is 19.5 Å². The van der Waals surface area contributed by atoms with Gasteiger partial charge in [0.15, 0.2) is 0 Å². The van der Waals surface area contributed by atoms with Crippen molar-refractivity contribution in [3.63, 3.8) is 0 Å². The van der Waals surface area contributed by atoms with Crippen LogP contribution in [0.25, 0.3) is 0 Å². The maximum absolute atomic E-state index is 11.9. The zero-order valence-corrected chi connectivity index (χ0v) is 14.3. The van der Waals surface area contributed by atoms with Crippen LogP contribution in [0.1, 0.15) is 17.2 Å². The molecule has 2 aromatic rings. The molecule has 23 heavy (non-hydrogen) atoms. The molecule has 6 heteroatoms. The third kappa shape index (κ3) is 5.58. The molecule has 124 valence electrons. The van der Waals surface area contributed by atoms with Gasteiger partial charge >= 0.3 is 6.03 Å². The minimum atomic E-state index is -0.174. The fourth-order valence-electron chi connectivity index (χ4n) is 2.35. The van der Waals surface area contributed by atoms with E-state index in [-0.39, 0.29) is 17.8 Å². The van der Waals surface area contributed by atoms with Crippen LogP contribution >= 0.6 is 11.3 Å². The molecule has 2 amide bonds. The van der Waals surface area contributed by atoms with Crippen LogP contribution < -0.4 is 10.6 Å². The summed E-state index contributed by atoms with van der Waals surface area (Å²) in [6.45, 7) is 1.09. The summed E-state index contributed by atoms with van der Waals surface area (Å²) in [7, 11) is 4.01. The van der Waals surface area contributed by atoms with E-state index in [1.165, 1.54) is 5.56 Å². The standard InChI is InChI=1S/C17H23N3O2S/c1-20(2)16(14-7-9-23-12-14)11-19-17(22)18-8-6-13-4-3-5-15(21)10-13/h3-5,7,9-10,12,16,21H,6,8,11H2,1-2H3,(H2,18,19,22)/t16-/m1/s1. The highest BCUT2D eigenvalue weighted by molar-refractivity contribution is 7.07. The van der Waals surface area contributed by atoms with Gasteiger partial charge in [0.2, 0.25) is 0 Å². The van der Waals surface area contributed by atoms with E-state index in [0.717, 1.165) is 5.56 Å². The third-order valence-corrected chi connectivity index (χ3v) is 4.32. The first-order valence-corrected chi connectivity index (χ1v) is 8.48. The second-order valence-electron chi connectivity index (χ2n) is 5.59. The summed E-state index contributed by atoms with van der Waals surface area (Å²) in [6, 6.07) is 9.14. The molecule has 1 aromatic carbocycles. The van der Waals surface area contributed by atoms with Crippen LogP contribution in [0.5, 0.6) is 5.75 Å². The lowest BCUT2D eigenvalue weighted by Crippen LogP contribution is -2.41. The second-order valence-corrected chi connectivity index (χ2v) is 6.37. The average molecular weight is 333 g/mol. The van der Waals surface area contributed by atoms with Crippen LogP contribution in [0.3, 0.4) is 0 Å². The number of hydrogen-bond donors (Lipinski definition) is 3. The summed E-state index contributed by atoms with van der Waals surface area (Å²) in [4.78, 5) is 14.0. The van der Waals surface area contributed by atoms with E-state index in [1.807, 2.05) is 25.5 Å². The Morgan fingerprint density at radius 1 is 1.30 bits per heavy atom. The SMILES string of the molecule is CN(C)[C@H](CNC(=O)NCCc1cccc(O)c1)c1ccsc1. The Hall–Kier alpha value is -2.05. The third-order valence-electron chi connectivity index (χ3n) is 3.62. The van der Waals surface area contributed by atoms with E-state index < -0.39 is 0 Å². The molecule has 0 saturated heterocycles. The smallest absolute Gasteiger partial charge is 0.314 e. The number of aromatic hydroxyl groups is 1. The lowest BCUT2D eigenvalue weighted by atomic mass is 10.1. The van der Waals surface area contributed by atoms with Gasteiger partial charge < -0.3 is 20.6 Å². The number of carbonyl (C=O) groups is 1. The molecule has 0 radical (unpaired) electrons. The topological polar surface area (TPSA) is 64.6 Å². The molecule has 1 aromatic heterocycles. The monoisotopic (exact) mass is 333 g/mol. The van der Waals surface area contributed by atoms with Crippen LogP contribution in [0, 0.1) is 0 Å². The van der Waals surface area contributed by atoms with Gasteiger partial charge in [-0.3, -0.25) is 0 Å². The Kier molecular flexibility index (Phi) is 6.43. The van der Waals surface area contributed by atoms with Crippen LogP contribution in [0.15, 0.2) is 41.1 Å². The molecule has 0 unspecified atom stereocenters. The van der Waals surface area contributed by atoms with Gasteiger partial charge in [-0.05, 0) is 60.6 Å². The second kappa shape index (κ2) is 8.55. The number of urea groups is 1. The van der Waals surface area contributed by atoms with E-state index in [4.69, 9.17) is 0 Å². The quantitative estimate of drug-likeness (QED) is 0.730. The van der Waals surface area contributed by atoms with Gasteiger partial charge in [0.1, 0.15) is 5.75 Å². The van der Waals surface area contributed by atoms with E-state index in [9.17, 15) is 9.90 Å². The van der Waals surface area contributed by atoms with Crippen molar-refractivity contribution in [1.29, 1.82) is 0 Å². The fourth-order valence-corrected chi connectivity index (χ4v) is 3.05. The molecule has 1 heterocycles. The first-order chi connectivity index (χ1) is 11.1. The zero-order chi connectivity index (χ0) is 16.7. The number of likely N-dealkylation sites (N-methyl/N-ethyl adjacent to an activating group) is 1. The van der Waals surface area contributed by atoms with Gasteiger partial charge in [0.05, 0.1) is 6.04 Å². The number of benzene rings is 1. The maximum atomic E-state index is 11.9.